The first-order valence-electron chi connectivity index (χ1n) is 21.0. The Morgan fingerprint density at radius 1 is 0.836 bits per heavy atom. The third-order valence-electron chi connectivity index (χ3n) is 11.5. The van der Waals surface area contributed by atoms with Crippen LogP contribution >= 0.6 is 0 Å². The summed E-state index contributed by atoms with van der Waals surface area (Å²) in [6, 6.07) is -5.12. The summed E-state index contributed by atoms with van der Waals surface area (Å²) in [5.41, 5.74) is 9.95. The molecule has 0 aromatic carbocycles. The van der Waals surface area contributed by atoms with Gasteiger partial charge >= 0.3 is 6.03 Å². The highest BCUT2D eigenvalue weighted by Crippen LogP contribution is 2.27. The number of carbonyl (C=O) groups excluding carboxylic acids is 6. The van der Waals surface area contributed by atoms with Crippen LogP contribution in [0.4, 0.5) is 4.79 Å². The quantitative estimate of drug-likeness (QED) is 0.108. The zero-order valence-electron chi connectivity index (χ0n) is 34.2. The summed E-state index contributed by atoms with van der Waals surface area (Å²) in [4.78, 5) is 86.0. The lowest BCUT2D eigenvalue weighted by molar-refractivity contribution is -0.384. The molecule has 0 aromatic heterocycles. The minimum atomic E-state index is -1.23. The van der Waals surface area contributed by atoms with Crippen LogP contribution < -0.4 is 38.1 Å². The topological polar surface area (TPSA) is 232 Å². The lowest BCUT2D eigenvalue weighted by Gasteiger charge is -2.37. The van der Waals surface area contributed by atoms with Crippen LogP contribution in [0.15, 0.2) is 0 Å². The average Bonchev–Trinajstić information content (AvgIpc) is 3.44. The van der Waals surface area contributed by atoms with Crippen molar-refractivity contribution in [2.24, 2.45) is 23.5 Å². The van der Waals surface area contributed by atoms with Gasteiger partial charge in [-0.25, -0.2) is 4.79 Å². The number of ether oxygens (including phenoxy) is 1. The van der Waals surface area contributed by atoms with E-state index < -0.39 is 65.9 Å². The molecular weight excluding hydrogens is 706 g/mol. The van der Waals surface area contributed by atoms with Gasteiger partial charge in [-0.1, -0.05) is 78.6 Å². The third-order valence-corrected chi connectivity index (χ3v) is 11.5. The van der Waals surface area contributed by atoms with Crippen molar-refractivity contribution in [2.75, 3.05) is 46.4 Å². The van der Waals surface area contributed by atoms with Gasteiger partial charge in [0.1, 0.15) is 24.2 Å². The lowest BCUT2D eigenvalue weighted by atomic mass is 9.90. The summed E-state index contributed by atoms with van der Waals surface area (Å²) in [6.45, 7) is 9.09. The Morgan fingerprint density at radius 3 is 2.11 bits per heavy atom. The van der Waals surface area contributed by atoms with Gasteiger partial charge in [0.25, 0.3) is 0 Å². The number of likely N-dealkylation sites (N-methyl/N-ethyl adjacent to an activating group) is 1. The predicted octanol–water partition coefficient (Wildman–Crippen LogP) is 0.390. The standard InChI is InChI=1S/C39H71N9O7/c1-6-8-9-14-18-32-26(4)38(53)47(5)31(15-7-2)36(51)46-33(28-16-12-10-11-13-17-28)37(52)44-29(20-41)34(49)45-30(35(50)43-25(3)24-55-32)21-42-39(54)48-22-27(19-40)23-48/h25-33H,6-24,40-41H2,1-5H3,(H,42,54)(H,43,50)(H,44,52)(H,45,49)(H,46,51)/p+1/t25-,26-,29+,30+,31+,32-,33+/m1/s1. The number of unbranched alkanes of at least 4 members (excludes halogenated alkanes) is 3. The van der Waals surface area contributed by atoms with Crippen LogP contribution in [0.2, 0.25) is 0 Å². The van der Waals surface area contributed by atoms with Crippen molar-refractivity contribution in [3.8, 4) is 0 Å². The molecule has 2 saturated heterocycles. The smallest absolute Gasteiger partial charge is 0.317 e. The Morgan fingerprint density at radius 2 is 1.49 bits per heavy atom. The molecule has 3 rings (SSSR count). The van der Waals surface area contributed by atoms with E-state index in [4.69, 9.17) is 10.5 Å². The van der Waals surface area contributed by atoms with Gasteiger partial charge < -0.3 is 52.6 Å². The Hall–Kier alpha value is -3.50. The molecule has 2 heterocycles. The van der Waals surface area contributed by atoms with Crippen LogP contribution in [0.3, 0.4) is 0 Å². The minimum absolute atomic E-state index is 0.0855. The van der Waals surface area contributed by atoms with E-state index >= 15 is 0 Å². The van der Waals surface area contributed by atoms with Crippen LogP contribution in [-0.4, -0.2) is 128 Å². The van der Waals surface area contributed by atoms with E-state index in [9.17, 15) is 28.8 Å². The first-order chi connectivity index (χ1) is 26.3. The molecule has 0 unspecified atom stereocenters. The number of rotatable bonds is 12. The Kier molecular flexibility index (Phi) is 19.6. The number of likely N-dealkylation sites (tertiary alicyclic amines) is 1. The monoisotopic (exact) mass is 779 g/mol. The zero-order valence-corrected chi connectivity index (χ0v) is 34.2. The first kappa shape index (κ1) is 45.9. The molecule has 0 radical (unpaired) electrons. The summed E-state index contributed by atoms with van der Waals surface area (Å²) < 4.78 is 6.38. The molecule has 0 spiro atoms. The molecule has 10 N–H and O–H groups in total. The Balaban J connectivity index is 1.97. The normalized spacial score (nSPS) is 29.1. The van der Waals surface area contributed by atoms with Gasteiger partial charge in [0.15, 0.2) is 0 Å². The second kappa shape index (κ2) is 23.5. The number of hydrogen-bond donors (Lipinski definition) is 7. The molecular formula is C39H72N9O7+. The zero-order chi connectivity index (χ0) is 40.5. The van der Waals surface area contributed by atoms with Crippen molar-refractivity contribution < 1.29 is 39.2 Å². The van der Waals surface area contributed by atoms with E-state index in [1.165, 1.54) is 4.90 Å². The van der Waals surface area contributed by atoms with E-state index in [2.05, 4.69) is 39.2 Å². The second-order valence-corrected chi connectivity index (χ2v) is 16.0. The number of hydrogen-bond acceptors (Lipinski definition) is 8. The van der Waals surface area contributed by atoms with Crippen molar-refractivity contribution in [3.05, 3.63) is 0 Å². The summed E-state index contributed by atoms with van der Waals surface area (Å²) in [7, 11) is 1.63. The summed E-state index contributed by atoms with van der Waals surface area (Å²) >= 11 is 0. The molecule has 2 aliphatic heterocycles. The highest BCUT2D eigenvalue weighted by atomic mass is 16.5. The van der Waals surface area contributed by atoms with Crippen LogP contribution in [-0.2, 0) is 28.7 Å². The van der Waals surface area contributed by atoms with Gasteiger partial charge in [0.05, 0.1) is 25.2 Å². The molecule has 7 amide bonds. The van der Waals surface area contributed by atoms with Crippen molar-refractivity contribution in [2.45, 2.75) is 147 Å². The van der Waals surface area contributed by atoms with Gasteiger partial charge in [-0.2, -0.15) is 0 Å². The molecule has 1 saturated carbocycles. The fourth-order valence-electron chi connectivity index (χ4n) is 7.80. The van der Waals surface area contributed by atoms with Gasteiger partial charge in [-0.3, -0.25) is 24.0 Å². The molecule has 16 nitrogen and oxygen atoms in total. The highest BCUT2D eigenvalue weighted by molar-refractivity contribution is 5.96. The molecule has 7 atom stereocenters. The average molecular weight is 779 g/mol. The van der Waals surface area contributed by atoms with Crippen molar-refractivity contribution in [1.29, 1.82) is 0 Å². The number of nitrogens with zero attached hydrogens (tertiary/aromatic N) is 2. The molecule has 1 aliphatic carbocycles. The molecule has 314 valence electrons. The number of amides is 7. The number of nitrogens with two attached hydrogens (primary N) is 1. The first-order valence-corrected chi connectivity index (χ1v) is 21.0. The highest BCUT2D eigenvalue weighted by Gasteiger charge is 2.39. The molecule has 0 aromatic rings. The fourth-order valence-corrected chi connectivity index (χ4v) is 7.80. The summed E-state index contributed by atoms with van der Waals surface area (Å²) in [6.07, 6.45) is 10.4. The number of quaternary nitrogens is 1. The van der Waals surface area contributed by atoms with Crippen LogP contribution in [0.5, 0.6) is 0 Å². The summed E-state index contributed by atoms with van der Waals surface area (Å²) in [5, 5.41) is 14.1. The molecule has 3 aliphatic rings. The summed E-state index contributed by atoms with van der Waals surface area (Å²) in [5.74, 6) is -2.94. The maximum atomic E-state index is 14.2. The largest absolute Gasteiger partial charge is 0.375 e. The Labute approximate surface area is 328 Å². The molecule has 0 bridgehead atoms. The SMILES string of the molecule is CCCCCC[C@H]1OC[C@@H](C)NC(=O)[C@H](CNC(=O)N2CC(C[NH3+])C2)NC(=O)[C@H](CN)NC(=O)[C@H](C2CCCCCC2)NC(=O)[C@H](CCC)N(C)C(=O)[C@@H]1C. The van der Waals surface area contributed by atoms with Crippen molar-refractivity contribution in [1.82, 2.24) is 36.4 Å². The maximum Gasteiger partial charge on any atom is 0.317 e. The van der Waals surface area contributed by atoms with E-state index in [-0.39, 0.29) is 37.6 Å². The van der Waals surface area contributed by atoms with E-state index in [0.29, 0.717) is 57.7 Å². The van der Waals surface area contributed by atoms with Gasteiger partial charge in [-0.15, -0.1) is 0 Å². The number of nitrogens with one attached hydrogen (secondary N) is 5. The van der Waals surface area contributed by atoms with Crippen molar-refractivity contribution in [3.63, 3.8) is 0 Å². The molecule has 3 fully saturated rings. The molecule has 55 heavy (non-hydrogen) atoms. The van der Waals surface area contributed by atoms with Crippen molar-refractivity contribution >= 4 is 35.6 Å². The lowest BCUT2D eigenvalue weighted by Crippen LogP contribution is -2.65. The van der Waals surface area contributed by atoms with Gasteiger partial charge in [0.2, 0.25) is 29.5 Å². The van der Waals surface area contributed by atoms with E-state index in [0.717, 1.165) is 51.4 Å². The van der Waals surface area contributed by atoms with Crippen LogP contribution in [0.25, 0.3) is 0 Å². The fraction of sp³-hybridized carbons (Fsp3) is 0.846. The van der Waals surface area contributed by atoms with Gasteiger partial charge in [-0.05, 0) is 38.5 Å². The molecule has 16 heteroatoms. The number of urea groups is 1. The third kappa shape index (κ3) is 13.9. The van der Waals surface area contributed by atoms with Crippen LogP contribution in [0.1, 0.15) is 111 Å². The Bertz CT molecular complexity index is 1260. The van der Waals surface area contributed by atoms with Gasteiger partial charge in [0, 0.05) is 45.2 Å². The number of carbonyl (C=O) groups is 6. The second-order valence-electron chi connectivity index (χ2n) is 16.0. The maximum absolute atomic E-state index is 14.2. The minimum Gasteiger partial charge on any atom is -0.375 e. The van der Waals surface area contributed by atoms with E-state index in [1.807, 2.05) is 13.8 Å². The van der Waals surface area contributed by atoms with E-state index in [1.54, 1.807) is 18.9 Å². The predicted molar refractivity (Wildman–Crippen MR) is 209 cm³/mol. The van der Waals surface area contributed by atoms with Crippen LogP contribution in [0, 0.1) is 17.8 Å².